The molecule has 3 aromatic rings. The van der Waals surface area contributed by atoms with E-state index in [0.29, 0.717) is 39.5 Å². The Morgan fingerprint density at radius 2 is 2.06 bits per heavy atom. The predicted octanol–water partition coefficient (Wildman–Crippen LogP) is 4.66. The second-order valence-corrected chi connectivity index (χ2v) is 8.87. The van der Waals surface area contributed by atoms with Crippen molar-refractivity contribution in [1.82, 2.24) is 20.1 Å². The number of aryl methyl sites for hydroxylation is 1. The number of rotatable bonds is 10. The number of allylic oxidation sites excluding steroid dienone is 1. The maximum Gasteiger partial charge on any atom is 0.251 e. The second kappa shape index (κ2) is 11.7. The van der Waals surface area contributed by atoms with Crippen LogP contribution in [0.5, 0.6) is 5.75 Å². The highest BCUT2D eigenvalue weighted by Gasteiger charge is 2.21. The van der Waals surface area contributed by atoms with Gasteiger partial charge in [0.05, 0.1) is 24.6 Å². The Labute approximate surface area is 207 Å². The first kappa shape index (κ1) is 25.3. The zero-order valence-corrected chi connectivity index (χ0v) is 20.7. The number of ether oxygens (including phenoxy) is 1. The van der Waals surface area contributed by atoms with E-state index >= 15 is 0 Å². The van der Waals surface area contributed by atoms with E-state index in [1.165, 1.54) is 11.8 Å². The van der Waals surface area contributed by atoms with Gasteiger partial charge in [-0.1, -0.05) is 41.6 Å². The fourth-order valence-electron chi connectivity index (χ4n) is 3.24. The number of nitrogens with zero attached hydrogens (tertiary/aromatic N) is 3. The van der Waals surface area contributed by atoms with Gasteiger partial charge >= 0.3 is 0 Å². The lowest BCUT2D eigenvalue weighted by molar-refractivity contribution is -0.113. The van der Waals surface area contributed by atoms with Gasteiger partial charge in [0.25, 0.3) is 5.91 Å². The molecule has 1 heterocycles. The Balaban J connectivity index is 1.68. The van der Waals surface area contributed by atoms with Gasteiger partial charge in [-0.15, -0.1) is 16.8 Å². The van der Waals surface area contributed by atoms with Gasteiger partial charge in [-0.05, 0) is 49.7 Å². The van der Waals surface area contributed by atoms with Crippen LogP contribution in [0, 0.1) is 6.92 Å². The van der Waals surface area contributed by atoms with Crippen molar-refractivity contribution in [2.75, 3.05) is 18.2 Å². The number of carbonyl (C=O) groups is 2. The summed E-state index contributed by atoms with van der Waals surface area (Å²) in [5.41, 5.74) is 2.07. The van der Waals surface area contributed by atoms with E-state index in [2.05, 4.69) is 27.4 Å². The Bertz CT molecular complexity index is 1200. The molecular weight excluding hydrogens is 474 g/mol. The topological polar surface area (TPSA) is 98.1 Å². The van der Waals surface area contributed by atoms with Crippen LogP contribution in [0.1, 0.15) is 34.7 Å². The van der Waals surface area contributed by atoms with Crippen LogP contribution >= 0.6 is 23.4 Å². The van der Waals surface area contributed by atoms with Crippen molar-refractivity contribution in [3.05, 3.63) is 77.1 Å². The molecule has 1 atom stereocenters. The third kappa shape index (κ3) is 6.39. The molecule has 0 radical (unpaired) electrons. The molecular formula is C24H26ClN5O3S. The first-order valence-electron chi connectivity index (χ1n) is 10.5. The summed E-state index contributed by atoms with van der Waals surface area (Å²) in [6.07, 6.45) is 1.71. The number of thioether (sulfide) groups is 1. The van der Waals surface area contributed by atoms with Crippen LogP contribution in [-0.2, 0) is 11.3 Å². The summed E-state index contributed by atoms with van der Waals surface area (Å²) < 4.78 is 7.13. The van der Waals surface area contributed by atoms with Crippen LogP contribution in [-0.4, -0.2) is 39.4 Å². The molecule has 8 nitrogen and oxygen atoms in total. The largest absolute Gasteiger partial charge is 0.495 e. The molecule has 178 valence electrons. The summed E-state index contributed by atoms with van der Waals surface area (Å²) in [6, 6.07) is 11.8. The third-order valence-corrected chi connectivity index (χ3v) is 6.04. The minimum atomic E-state index is -0.432. The van der Waals surface area contributed by atoms with Crippen LogP contribution in [0.4, 0.5) is 5.69 Å². The second-order valence-electron chi connectivity index (χ2n) is 7.49. The maximum atomic E-state index is 12.6. The Kier molecular flexibility index (Phi) is 8.72. The van der Waals surface area contributed by atoms with E-state index in [0.717, 1.165) is 5.56 Å². The Morgan fingerprint density at radius 3 is 2.76 bits per heavy atom. The van der Waals surface area contributed by atoms with E-state index in [9.17, 15) is 9.59 Å². The number of hydrogen-bond acceptors (Lipinski definition) is 6. The van der Waals surface area contributed by atoms with Gasteiger partial charge in [-0.3, -0.25) is 9.59 Å². The highest BCUT2D eigenvalue weighted by molar-refractivity contribution is 7.99. The van der Waals surface area contributed by atoms with Crippen molar-refractivity contribution in [3.63, 3.8) is 0 Å². The lowest BCUT2D eigenvalue weighted by Gasteiger charge is -2.15. The summed E-state index contributed by atoms with van der Waals surface area (Å²) in [7, 11) is 1.56. The number of aromatic nitrogens is 3. The van der Waals surface area contributed by atoms with Gasteiger partial charge < -0.3 is 19.9 Å². The highest BCUT2D eigenvalue weighted by Crippen LogP contribution is 2.26. The van der Waals surface area contributed by atoms with Gasteiger partial charge in [0.15, 0.2) is 11.0 Å². The number of amides is 2. The van der Waals surface area contributed by atoms with Gasteiger partial charge in [0.1, 0.15) is 5.75 Å². The Morgan fingerprint density at radius 1 is 1.26 bits per heavy atom. The van der Waals surface area contributed by atoms with Crippen LogP contribution in [0.25, 0.3) is 0 Å². The van der Waals surface area contributed by atoms with Crippen LogP contribution in [0.15, 0.2) is 60.3 Å². The van der Waals surface area contributed by atoms with Gasteiger partial charge in [0.2, 0.25) is 5.91 Å². The molecule has 1 aromatic heterocycles. The van der Waals surface area contributed by atoms with Crippen LogP contribution < -0.4 is 15.4 Å². The van der Waals surface area contributed by atoms with Gasteiger partial charge in [-0.2, -0.15) is 0 Å². The third-order valence-electron chi connectivity index (χ3n) is 4.84. The van der Waals surface area contributed by atoms with Crippen molar-refractivity contribution in [2.24, 2.45) is 0 Å². The van der Waals surface area contributed by atoms with Crippen molar-refractivity contribution in [3.8, 4) is 5.75 Å². The smallest absolute Gasteiger partial charge is 0.251 e. The van der Waals surface area contributed by atoms with Crippen molar-refractivity contribution in [2.45, 2.75) is 31.6 Å². The van der Waals surface area contributed by atoms with Crippen LogP contribution in [0.2, 0.25) is 5.02 Å². The van der Waals surface area contributed by atoms with Gasteiger partial charge in [0, 0.05) is 17.1 Å². The minimum Gasteiger partial charge on any atom is -0.495 e. The van der Waals surface area contributed by atoms with Crippen molar-refractivity contribution in [1.29, 1.82) is 0 Å². The van der Waals surface area contributed by atoms with Gasteiger partial charge in [-0.25, -0.2) is 0 Å². The van der Waals surface area contributed by atoms with E-state index in [1.54, 1.807) is 37.5 Å². The minimum absolute atomic E-state index is 0.121. The normalized spacial score (nSPS) is 11.5. The zero-order chi connectivity index (χ0) is 24.7. The fraction of sp³-hybridized carbons (Fsp3) is 0.250. The molecule has 1 unspecified atom stereocenters. The number of nitrogens with one attached hydrogen (secondary N) is 2. The first-order chi connectivity index (χ1) is 16.3. The molecule has 0 saturated carbocycles. The molecule has 34 heavy (non-hydrogen) atoms. The number of anilines is 1. The summed E-state index contributed by atoms with van der Waals surface area (Å²) in [4.78, 5) is 25.2. The summed E-state index contributed by atoms with van der Waals surface area (Å²) in [5, 5.41) is 15.3. The van der Waals surface area contributed by atoms with E-state index in [-0.39, 0.29) is 17.6 Å². The van der Waals surface area contributed by atoms with E-state index in [1.807, 2.05) is 36.6 Å². The van der Waals surface area contributed by atoms with E-state index in [4.69, 9.17) is 16.3 Å². The number of hydrogen-bond donors (Lipinski definition) is 2. The van der Waals surface area contributed by atoms with Crippen molar-refractivity contribution >= 4 is 40.9 Å². The average Bonchev–Trinajstić information content (AvgIpc) is 3.21. The number of halogens is 1. The highest BCUT2D eigenvalue weighted by atomic mass is 35.5. The van der Waals surface area contributed by atoms with Crippen LogP contribution in [0.3, 0.4) is 0 Å². The number of benzene rings is 2. The molecule has 2 aromatic carbocycles. The standard InChI is InChI=1S/C24H26ClN5O3S/c1-5-11-30-22(16(3)26-23(32)17-7-6-8-18(25)13-17)28-29-24(30)34-14-21(31)27-19-12-15(2)9-10-20(19)33-4/h5-10,12-13,16H,1,11,14H2,2-4H3,(H,26,32)(H,27,31). The average molecular weight is 500 g/mol. The molecule has 2 amide bonds. The lowest BCUT2D eigenvalue weighted by atomic mass is 10.2. The molecule has 0 aliphatic heterocycles. The first-order valence-corrected chi connectivity index (χ1v) is 11.9. The monoisotopic (exact) mass is 499 g/mol. The molecule has 3 rings (SSSR count). The molecule has 0 aliphatic rings. The van der Waals surface area contributed by atoms with E-state index < -0.39 is 6.04 Å². The summed E-state index contributed by atoms with van der Waals surface area (Å²) >= 11 is 7.23. The number of methoxy groups -OCH3 is 1. The molecule has 0 spiro atoms. The summed E-state index contributed by atoms with van der Waals surface area (Å²) in [6.45, 7) is 7.98. The molecule has 10 heteroatoms. The Hall–Kier alpha value is -3.30. The maximum absolute atomic E-state index is 12.6. The number of carbonyl (C=O) groups excluding carboxylic acids is 2. The fourth-order valence-corrected chi connectivity index (χ4v) is 4.18. The predicted molar refractivity (Wildman–Crippen MR) is 135 cm³/mol. The molecule has 0 aliphatic carbocycles. The molecule has 0 fully saturated rings. The van der Waals surface area contributed by atoms with Crippen molar-refractivity contribution < 1.29 is 14.3 Å². The summed E-state index contributed by atoms with van der Waals surface area (Å²) in [5.74, 6) is 0.786. The molecule has 0 saturated heterocycles. The molecule has 2 N–H and O–H groups in total. The molecule has 0 bridgehead atoms. The zero-order valence-electron chi connectivity index (χ0n) is 19.2. The lowest BCUT2D eigenvalue weighted by Crippen LogP contribution is -2.28. The SMILES string of the molecule is C=CCn1c(SCC(=O)Nc2cc(C)ccc2OC)nnc1C(C)NC(=O)c1cccc(Cl)c1. The quantitative estimate of drug-likeness (QED) is 0.311.